The van der Waals surface area contributed by atoms with Crippen molar-refractivity contribution >= 4 is 89.8 Å². The van der Waals surface area contributed by atoms with E-state index in [2.05, 4.69) is 146 Å². The van der Waals surface area contributed by atoms with E-state index >= 15 is 0 Å². The molecule has 0 radical (unpaired) electrons. The van der Waals surface area contributed by atoms with Gasteiger partial charge >= 0.3 is 0 Å². The van der Waals surface area contributed by atoms with Crippen LogP contribution in [0.2, 0.25) is 0 Å². The number of benzene rings is 7. The summed E-state index contributed by atoms with van der Waals surface area (Å²) in [6.45, 7) is -0.145. The molecule has 0 bridgehead atoms. The summed E-state index contributed by atoms with van der Waals surface area (Å²) >= 11 is 0. The zero-order chi connectivity index (χ0) is 34.8. The minimum absolute atomic E-state index is 0.0726. The average Bonchev–Trinajstić information content (AvgIpc) is 3.76. The standard InChI is InChI=1S/C46H24B2N4O2/c1-5-13-34-26(9-1)28-17-19-38-41-43(28)51(34)36-15-7-3-11-30(36)47(41)32-21-33-46(40(45(32)53-38)25-22-49-24-50-23-25)54-39-20-18-29-27-10-2-6-14-35(27)52-37-16-8-4-12-31(37)48(33)42(39)44(29)52/h1-24H. The highest BCUT2D eigenvalue weighted by Crippen LogP contribution is 2.47. The summed E-state index contributed by atoms with van der Waals surface area (Å²) in [4.78, 5) is 9.04. The van der Waals surface area contributed by atoms with Crippen LogP contribution < -0.4 is 42.3 Å². The van der Waals surface area contributed by atoms with E-state index in [0.717, 1.165) is 45.1 Å². The van der Waals surface area contributed by atoms with Crippen LogP contribution in [0.1, 0.15) is 0 Å². The van der Waals surface area contributed by atoms with Crippen molar-refractivity contribution < 1.29 is 9.47 Å². The number of para-hydroxylation sites is 4. The fourth-order valence-corrected chi connectivity index (χ4v) is 10.4. The second-order valence-electron chi connectivity index (χ2n) is 14.9. The highest BCUT2D eigenvalue weighted by Gasteiger charge is 2.47. The lowest BCUT2D eigenvalue weighted by atomic mass is 9.31. The van der Waals surface area contributed by atoms with Crippen LogP contribution in [0.3, 0.4) is 0 Å². The van der Waals surface area contributed by atoms with Crippen LogP contribution in [-0.4, -0.2) is 32.5 Å². The Morgan fingerprint density at radius 1 is 0.463 bits per heavy atom. The van der Waals surface area contributed by atoms with Crippen molar-refractivity contribution in [2.24, 2.45) is 0 Å². The van der Waals surface area contributed by atoms with E-state index in [1.165, 1.54) is 76.8 Å². The molecule has 246 valence electrons. The molecule has 7 aromatic carbocycles. The van der Waals surface area contributed by atoms with E-state index in [-0.39, 0.29) is 13.4 Å². The molecule has 54 heavy (non-hydrogen) atoms. The van der Waals surface area contributed by atoms with Crippen molar-refractivity contribution in [3.05, 3.63) is 146 Å². The molecular weight excluding hydrogens is 662 g/mol. The van der Waals surface area contributed by atoms with Gasteiger partial charge in [-0.25, -0.2) is 9.97 Å². The molecule has 0 saturated carbocycles. The van der Waals surface area contributed by atoms with Gasteiger partial charge in [0.05, 0.1) is 27.6 Å². The van der Waals surface area contributed by atoms with Crippen molar-refractivity contribution in [1.29, 1.82) is 0 Å². The van der Waals surface area contributed by atoms with Gasteiger partial charge in [0, 0.05) is 50.9 Å². The van der Waals surface area contributed by atoms with Gasteiger partial charge in [-0.2, -0.15) is 0 Å². The van der Waals surface area contributed by atoms with E-state index in [9.17, 15) is 0 Å². The quantitative estimate of drug-likeness (QED) is 0.193. The van der Waals surface area contributed by atoms with E-state index in [1.807, 2.05) is 12.4 Å². The molecule has 0 spiro atoms. The van der Waals surface area contributed by atoms with Crippen molar-refractivity contribution in [2.45, 2.75) is 0 Å². The first kappa shape index (κ1) is 27.6. The lowest BCUT2D eigenvalue weighted by Gasteiger charge is -2.38. The second-order valence-corrected chi connectivity index (χ2v) is 14.9. The molecule has 8 heteroatoms. The molecule has 0 saturated heterocycles. The molecule has 0 unspecified atom stereocenters. The van der Waals surface area contributed by atoms with Gasteiger partial charge in [0.25, 0.3) is 13.4 Å². The summed E-state index contributed by atoms with van der Waals surface area (Å²) in [5.41, 5.74) is 16.1. The van der Waals surface area contributed by atoms with Crippen molar-refractivity contribution in [3.63, 3.8) is 0 Å². The van der Waals surface area contributed by atoms with Crippen LogP contribution >= 0.6 is 0 Å². The van der Waals surface area contributed by atoms with Gasteiger partial charge in [-0.05, 0) is 81.3 Å². The minimum atomic E-state index is -0.0726. The van der Waals surface area contributed by atoms with Gasteiger partial charge in [-0.15, -0.1) is 0 Å². The average molecular weight is 686 g/mol. The van der Waals surface area contributed by atoms with Crippen LogP contribution in [0.4, 0.5) is 0 Å². The van der Waals surface area contributed by atoms with Crippen LogP contribution in [0.5, 0.6) is 23.0 Å². The van der Waals surface area contributed by atoms with Crippen molar-refractivity contribution in [2.75, 3.05) is 0 Å². The van der Waals surface area contributed by atoms with Gasteiger partial charge in [0.2, 0.25) is 0 Å². The SMILES string of the molecule is c1ccc2c(c1)B1c3cc4c(c(-c5cncnc5)c3Oc3ccc5c6ccccc6n-2c5c31)Oc1ccc2c3ccccc3n3c2c1B4c1ccccc1-3. The molecular formula is C46H24B2N4O2. The van der Waals surface area contributed by atoms with Gasteiger partial charge < -0.3 is 18.6 Å². The predicted molar refractivity (Wildman–Crippen MR) is 218 cm³/mol. The third-order valence-corrected chi connectivity index (χ3v) is 12.4. The van der Waals surface area contributed by atoms with Crippen LogP contribution in [0.25, 0.3) is 66.1 Å². The zero-order valence-electron chi connectivity index (χ0n) is 28.6. The fourth-order valence-electron chi connectivity index (χ4n) is 10.4. The first-order valence-corrected chi connectivity index (χ1v) is 18.5. The van der Waals surface area contributed by atoms with E-state index < -0.39 is 0 Å². The molecule has 0 atom stereocenters. The molecule has 6 nitrogen and oxygen atoms in total. The van der Waals surface area contributed by atoms with Gasteiger partial charge in [0.15, 0.2) is 0 Å². The Morgan fingerprint density at radius 2 is 0.944 bits per heavy atom. The summed E-state index contributed by atoms with van der Waals surface area (Å²) in [5.74, 6) is 3.31. The Labute approximate surface area is 309 Å². The molecule has 10 aromatic rings. The van der Waals surface area contributed by atoms with E-state index in [0.29, 0.717) is 0 Å². The van der Waals surface area contributed by atoms with Crippen LogP contribution in [0.15, 0.2) is 146 Å². The predicted octanol–water partition coefficient (Wildman–Crippen LogP) is 6.21. The van der Waals surface area contributed by atoms with Crippen LogP contribution in [-0.2, 0) is 0 Å². The van der Waals surface area contributed by atoms with Crippen molar-refractivity contribution in [1.82, 2.24) is 19.1 Å². The number of aromatic nitrogens is 4. The largest absolute Gasteiger partial charge is 0.458 e. The van der Waals surface area contributed by atoms with Gasteiger partial charge in [-0.3, -0.25) is 0 Å². The summed E-state index contributed by atoms with van der Waals surface area (Å²) < 4.78 is 19.3. The van der Waals surface area contributed by atoms with Gasteiger partial charge in [0.1, 0.15) is 29.3 Å². The highest BCUT2D eigenvalue weighted by atomic mass is 16.5. The number of hydrogen-bond donors (Lipinski definition) is 0. The minimum Gasteiger partial charge on any atom is -0.458 e. The second kappa shape index (κ2) is 9.48. The Hall–Kier alpha value is -7.05. The Kier molecular flexibility index (Phi) is 4.84. The Morgan fingerprint density at radius 3 is 1.48 bits per heavy atom. The number of nitrogens with zero attached hydrogens (tertiary/aromatic N) is 4. The Balaban J connectivity index is 1.14. The summed E-state index contributed by atoms with van der Waals surface area (Å²) in [5, 5.41) is 4.96. The summed E-state index contributed by atoms with van der Waals surface area (Å²) in [6.07, 6.45) is 5.34. The molecule has 4 aliphatic rings. The van der Waals surface area contributed by atoms with E-state index in [4.69, 9.17) is 9.47 Å². The normalized spacial score (nSPS) is 13.8. The molecule has 7 heterocycles. The van der Waals surface area contributed by atoms with Crippen LogP contribution in [0, 0.1) is 0 Å². The molecule has 3 aromatic heterocycles. The fraction of sp³-hybridized carbons (Fsp3) is 0. The summed E-state index contributed by atoms with van der Waals surface area (Å²) in [7, 11) is 0. The number of fused-ring (bicyclic) bond motifs is 16. The zero-order valence-corrected chi connectivity index (χ0v) is 28.6. The van der Waals surface area contributed by atoms with E-state index in [1.54, 1.807) is 6.33 Å². The lowest BCUT2D eigenvalue weighted by molar-refractivity contribution is 0.469. The van der Waals surface area contributed by atoms with Gasteiger partial charge in [-0.1, -0.05) is 78.9 Å². The highest BCUT2D eigenvalue weighted by molar-refractivity contribution is 7.02. The number of ether oxygens (including phenoxy) is 2. The maximum Gasteiger partial charge on any atom is 0.256 e. The molecule has 0 amide bonds. The summed E-state index contributed by atoms with van der Waals surface area (Å²) in [6, 6.07) is 46.4. The molecule has 14 rings (SSSR count). The van der Waals surface area contributed by atoms with Crippen molar-refractivity contribution in [3.8, 4) is 45.5 Å². The number of hydrogen-bond acceptors (Lipinski definition) is 4. The Bertz CT molecular complexity index is 3170. The maximum absolute atomic E-state index is 7.20. The molecule has 4 aliphatic heterocycles. The smallest absolute Gasteiger partial charge is 0.256 e. The lowest BCUT2D eigenvalue weighted by Crippen LogP contribution is -2.62. The third kappa shape index (κ3) is 3.12. The first-order valence-electron chi connectivity index (χ1n) is 18.5. The topological polar surface area (TPSA) is 54.1 Å². The number of rotatable bonds is 1. The molecule has 0 N–H and O–H groups in total. The molecule has 0 fully saturated rings. The first-order chi connectivity index (χ1) is 26.8. The molecule has 0 aliphatic carbocycles. The third-order valence-electron chi connectivity index (χ3n) is 12.4. The monoisotopic (exact) mass is 686 g/mol. The maximum atomic E-state index is 7.20.